The molecule has 1 unspecified atom stereocenters. The second kappa shape index (κ2) is 9.87. The number of hydrogen-bond donors (Lipinski definition) is 0. The van der Waals surface area contributed by atoms with Crippen molar-refractivity contribution in [2.24, 2.45) is 0 Å². The van der Waals surface area contributed by atoms with Crippen LogP contribution in [0, 0.1) is 6.92 Å². The van der Waals surface area contributed by atoms with Crippen LogP contribution in [-0.4, -0.2) is 27.3 Å². The molecule has 0 saturated heterocycles. The van der Waals surface area contributed by atoms with Gasteiger partial charge in [0.1, 0.15) is 0 Å². The largest absolute Gasteiger partial charge is 0.493 e. The SMILES string of the molecule is CCC(CC)(Pc1c(C)cccc1C=O)c1cccc(OC)c1OCOC. The molecule has 0 aliphatic heterocycles. The Morgan fingerprint density at radius 1 is 1.07 bits per heavy atom. The van der Waals surface area contributed by atoms with Gasteiger partial charge in [0.25, 0.3) is 0 Å². The molecule has 2 rings (SSSR count). The van der Waals surface area contributed by atoms with Crippen molar-refractivity contribution in [3.63, 3.8) is 0 Å². The molecular formula is C22H29O4P. The predicted molar refractivity (Wildman–Crippen MR) is 112 cm³/mol. The highest BCUT2D eigenvalue weighted by Gasteiger charge is 2.34. The Balaban J connectivity index is 2.62. The summed E-state index contributed by atoms with van der Waals surface area (Å²) in [5.41, 5.74) is 3.01. The molecule has 2 aromatic carbocycles. The third kappa shape index (κ3) is 4.51. The fourth-order valence-corrected chi connectivity index (χ4v) is 5.12. The van der Waals surface area contributed by atoms with E-state index in [-0.39, 0.29) is 11.9 Å². The second-order valence-corrected chi connectivity index (χ2v) is 8.17. The first-order valence-electron chi connectivity index (χ1n) is 9.19. The van der Waals surface area contributed by atoms with Crippen LogP contribution in [0.4, 0.5) is 0 Å². The van der Waals surface area contributed by atoms with Crippen molar-refractivity contribution in [2.45, 2.75) is 38.8 Å². The molecule has 0 aromatic heterocycles. The quantitative estimate of drug-likeness (QED) is 0.333. The molecule has 0 N–H and O–H groups in total. The Bertz CT molecular complexity index is 769. The molecule has 0 bridgehead atoms. The van der Waals surface area contributed by atoms with Crippen molar-refractivity contribution < 1.29 is 19.0 Å². The molecule has 0 heterocycles. The zero-order chi connectivity index (χ0) is 19.9. The van der Waals surface area contributed by atoms with E-state index in [4.69, 9.17) is 14.2 Å². The van der Waals surface area contributed by atoms with Crippen LogP contribution in [-0.2, 0) is 9.89 Å². The van der Waals surface area contributed by atoms with E-state index >= 15 is 0 Å². The topological polar surface area (TPSA) is 44.8 Å². The summed E-state index contributed by atoms with van der Waals surface area (Å²) >= 11 is 0. The van der Waals surface area contributed by atoms with Crippen LogP contribution in [0.2, 0.25) is 0 Å². The predicted octanol–water partition coefficient (Wildman–Crippen LogP) is 4.82. The summed E-state index contributed by atoms with van der Waals surface area (Å²) in [6.45, 7) is 6.60. The monoisotopic (exact) mass is 388 g/mol. The number of aldehydes is 1. The third-order valence-corrected chi connectivity index (χ3v) is 7.43. The maximum Gasteiger partial charge on any atom is 0.188 e. The number of methoxy groups -OCH3 is 2. The summed E-state index contributed by atoms with van der Waals surface area (Å²) in [4.78, 5) is 11.6. The molecule has 0 fully saturated rings. The molecule has 0 saturated carbocycles. The molecule has 0 spiro atoms. The molecule has 0 aliphatic carbocycles. The van der Waals surface area contributed by atoms with Gasteiger partial charge in [-0.25, -0.2) is 0 Å². The fraction of sp³-hybridized carbons (Fsp3) is 0.409. The number of hydrogen-bond acceptors (Lipinski definition) is 4. The van der Waals surface area contributed by atoms with Gasteiger partial charge in [-0.2, -0.15) is 0 Å². The Morgan fingerprint density at radius 3 is 2.37 bits per heavy atom. The highest BCUT2D eigenvalue weighted by molar-refractivity contribution is 7.49. The van der Waals surface area contributed by atoms with E-state index in [1.807, 2.05) is 24.3 Å². The molecule has 5 heteroatoms. The van der Waals surface area contributed by atoms with Crippen LogP contribution in [0.5, 0.6) is 11.5 Å². The molecule has 27 heavy (non-hydrogen) atoms. The van der Waals surface area contributed by atoms with E-state index in [0.717, 1.165) is 46.9 Å². The lowest BCUT2D eigenvalue weighted by Crippen LogP contribution is -2.25. The zero-order valence-electron chi connectivity index (χ0n) is 16.8. The Kier molecular flexibility index (Phi) is 7.82. The van der Waals surface area contributed by atoms with E-state index in [1.165, 1.54) is 0 Å². The molecule has 4 nitrogen and oxygen atoms in total. The van der Waals surface area contributed by atoms with Crippen LogP contribution in [0.15, 0.2) is 36.4 Å². The van der Waals surface area contributed by atoms with Gasteiger partial charge in [-0.3, -0.25) is 4.79 Å². The number of carbonyl (C=O) groups is 1. The van der Waals surface area contributed by atoms with Gasteiger partial charge >= 0.3 is 0 Å². The van der Waals surface area contributed by atoms with Gasteiger partial charge in [0.15, 0.2) is 24.6 Å². The first-order valence-corrected chi connectivity index (χ1v) is 10.2. The number of rotatable bonds is 10. The van der Waals surface area contributed by atoms with Gasteiger partial charge in [-0.1, -0.05) is 52.8 Å². The van der Waals surface area contributed by atoms with Crippen molar-refractivity contribution in [3.05, 3.63) is 53.1 Å². The molecule has 1 atom stereocenters. The number of carbonyl (C=O) groups excluding carboxylic acids is 1. The summed E-state index contributed by atoms with van der Waals surface area (Å²) in [6.07, 6.45) is 2.80. The lowest BCUT2D eigenvalue weighted by atomic mass is 9.91. The number of aryl methyl sites for hydroxylation is 1. The average Bonchev–Trinajstić information content (AvgIpc) is 2.71. The Labute approximate surface area is 164 Å². The van der Waals surface area contributed by atoms with E-state index in [2.05, 4.69) is 32.9 Å². The summed E-state index contributed by atoms with van der Waals surface area (Å²) in [7, 11) is 3.69. The van der Waals surface area contributed by atoms with Crippen LogP contribution >= 0.6 is 8.58 Å². The molecular weight excluding hydrogens is 359 g/mol. The van der Waals surface area contributed by atoms with Gasteiger partial charge in [0.2, 0.25) is 0 Å². The average molecular weight is 388 g/mol. The lowest BCUT2D eigenvalue weighted by Gasteiger charge is -2.35. The molecule has 0 amide bonds. The summed E-state index contributed by atoms with van der Waals surface area (Å²) in [5.74, 6) is 1.42. The van der Waals surface area contributed by atoms with E-state index < -0.39 is 0 Å². The van der Waals surface area contributed by atoms with E-state index in [0.29, 0.717) is 14.3 Å². The van der Waals surface area contributed by atoms with Crippen LogP contribution < -0.4 is 14.8 Å². The van der Waals surface area contributed by atoms with Crippen molar-refractivity contribution in [2.75, 3.05) is 21.0 Å². The summed E-state index contributed by atoms with van der Waals surface area (Å²) in [5, 5.41) is 0.971. The van der Waals surface area contributed by atoms with Crippen molar-refractivity contribution in [3.8, 4) is 11.5 Å². The summed E-state index contributed by atoms with van der Waals surface area (Å²) in [6, 6.07) is 11.9. The third-order valence-electron chi connectivity index (χ3n) is 5.04. The normalized spacial score (nSPS) is 11.7. The smallest absolute Gasteiger partial charge is 0.188 e. The van der Waals surface area contributed by atoms with Gasteiger partial charge in [-0.15, -0.1) is 0 Å². The van der Waals surface area contributed by atoms with Crippen LogP contribution in [0.25, 0.3) is 0 Å². The van der Waals surface area contributed by atoms with Gasteiger partial charge in [-0.05, 0) is 36.7 Å². The van der Waals surface area contributed by atoms with Gasteiger partial charge < -0.3 is 14.2 Å². The molecule has 2 aromatic rings. The van der Waals surface area contributed by atoms with Crippen molar-refractivity contribution >= 4 is 20.2 Å². The minimum absolute atomic E-state index is 0.151. The zero-order valence-corrected chi connectivity index (χ0v) is 17.8. The summed E-state index contributed by atoms with van der Waals surface area (Å²) < 4.78 is 16.6. The maximum atomic E-state index is 11.6. The Hall–Kier alpha value is -1.90. The van der Waals surface area contributed by atoms with Crippen LogP contribution in [0.3, 0.4) is 0 Å². The van der Waals surface area contributed by atoms with Crippen LogP contribution in [0.1, 0.15) is 48.2 Å². The molecule has 0 radical (unpaired) electrons. The van der Waals surface area contributed by atoms with E-state index in [9.17, 15) is 4.79 Å². The molecule has 0 aliphatic rings. The fourth-order valence-electron chi connectivity index (χ4n) is 3.39. The standard InChI is InChI=1S/C22H29O4P/c1-6-22(7-2,27-21-16(3)10-8-11-17(21)14-23)18-12-9-13-19(25-5)20(18)26-15-24-4/h8-14,27H,6-7,15H2,1-5H3. The highest BCUT2D eigenvalue weighted by Crippen LogP contribution is 2.52. The highest BCUT2D eigenvalue weighted by atomic mass is 31.1. The van der Waals surface area contributed by atoms with Crippen molar-refractivity contribution in [1.29, 1.82) is 0 Å². The van der Waals surface area contributed by atoms with Crippen molar-refractivity contribution in [1.82, 2.24) is 0 Å². The first-order chi connectivity index (χ1) is 13.1. The van der Waals surface area contributed by atoms with Gasteiger partial charge in [0.05, 0.1) is 7.11 Å². The minimum Gasteiger partial charge on any atom is -0.493 e. The Morgan fingerprint density at radius 2 is 1.78 bits per heavy atom. The number of benzene rings is 2. The van der Waals surface area contributed by atoms with E-state index in [1.54, 1.807) is 14.2 Å². The molecule has 146 valence electrons. The van der Waals surface area contributed by atoms with Gasteiger partial charge in [0, 0.05) is 23.4 Å². The minimum atomic E-state index is -0.151. The number of para-hydroxylation sites is 1. The number of ether oxygens (including phenoxy) is 3. The first kappa shape index (κ1) is 21.4. The second-order valence-electron chi connectivity index (χ2n) is 6.46. The lowest BCUT2D eigenvalue weighted by molar-refractivity contribution is 0.0479. The maximum absolute atomic E-state index is 11.6.